The maximum atomic E-state index is 4.49. The molecule has 1 aliphatic heterocycles. The summed E-state index contributed by atoms with van der Waals surface area (Å²) in [5, 5.41) is 4.40. The highest BCUT2D eigenvalue weighted by Gasteiger charge is 2.23. The Morgan fingerprint density at radius 2 is 1.95 bits per heavy atom. The van der Waals surface area contributed by atoms with Gasteiger partial charge in [0.1, 0.15) is 5.71 Å². The minimum atomic E-state index is 0.215. The fourth-order valence-electron chi connectivity index (χ4n) is 2.45. The molecule has 1 aromatic carbocycles. The van der Waals surface area contributed by atoms with Crippen LogP contribution in [0.25, 0.3) is 11.2 Å². The van der Waals surface area contributed by atoms with E-state index in [-0.39, 0.29) is 6.04 Å². The van der Waals surface area contributed by atoms with Crippen LogP contribution in [0, 0.1) is 0 Å². The van der Waals surface area contributed by atoms with Gasteiger partial charge in [-0.25, -0.2) is 9.97 Å². The smallest absolute Gasteiger partial charge is 0.178 e. The number of hydrogen-bond donors (Lipinski definition) is 2. The number of imidazole rings is 1. The molecule has 1 atom stereocenters. The summed E-state index contributed by atoms with van der Waals surface area (Å²) in [6.45, 7) is 0. The summed E-state index contributed by atoms with van der Waals surface area (Å²) in [6.07, 6.45) is 2.57. The Labute approximate surface area is 115 Å². The van der Waals surface area contributed by atoms with Crippen molar-refractivity contribution in [2.24, 2.45) is 5.10 Å². The van der Waals surface area contributed by atoms with Gasteiger partial charge in [0.05, 0.1) is 11.6 Å². The highest BCUT2D eigenvalue weighted by atomic mass is 15.3. The van der Waals surface area contributed by atoms with Gasteiger partial charge < -0.3 is 10.4 Å². The van der Waals surface area contributed by atoms with Crippen LogP contribution in [0.5, 0.6) is 0 Å². The third kappa shape index (κ3) is 1.84. The lowest BCUT2D eigenvalue weighted by atomic mass is 10.0. The summed E-state index contributed by atoms with van der Waals surface area (Å²) in [5.41, 5.74) is 7.02. The molecule has 4 rings (SSSR count). The van der Waals surface area contributed by atoms with E-state index in [1.807, 2.05) is 30.3 Å². The molecule has 20 heavy (non-hydrogen) atoms. The van der Waals surface area contributed by atoms with Crippen molar-refractivity contribution in [2.75, 3.05) is 0 Å². The number of pyridine rings is 1. The second kappa shape index (κ2) is 4.45. The third-order valence-corrected chi connectivity index (χ3v) is 3.49. The molecule has 0 radical (unpaired) electrons. The van der Waals surface area contributed by atoms with Gasteiger partial charge in [0.2, 0.25) is 0 Å². The van der Waals surface area contributed by atoms with Gasteiger partial charge in [0.25, 0.3) is 0 Å². The number of fused-ring (bicyclic) bond motifs is 1. The number of aromatic amines is 1. The average molecular weight is 263 g/mol. The predicted molar refractivity (Wildman–Crippen MR) is 77.4 cm³/mol. The Morgan fingerprint density at radius 1 is 1.05 bits per heavy atom. The van der Waals surface area contributed by atoms with Crippen LogP contribution in [0.3, 0.4) is 0 Å². The Hall–Kier alpha value is -2.69. The van der Waals surface area contributed by atoms with E-state index in [4.69, 9.17) is 0 Å². The Morgan fingerprint density at radius 3 is 2.80 bits per heavy atom. The largest absolute Gasteiger partial charge is 0.335 e. The molecule has 0 saturated carbocycles. The van der Waals surface area contributed by atoms with E-state index in [1.165, 1.54) is 5.56 Å². The van der Waals surface area contributed by atoms with Crippen LogP contribution in [0.1, 0.15) is 23.9 Å². The van der Waals surface area contributed by atoms with Crippen LogP contribution in [0.15, 0.2) is 53.8 Å². The number of nitrogens with zero attached hydrogens (tertiary/aromatic N) is 3. The number of nitrogens with one attached hydrogen (secondary N) is 2. The van der Waals surface area contributed by atoms with Crippen molar-refractivity contribution in [3.05, 3.63) is 60.0 Å². The molecule has 0 bridgehead atoms. The summed E-state index contributed by atoms with van der Waals surface area (Å²) in [7, 11) is 0. The molecule has 3 heterocycles. The number of benzene rings is 1. The molecular formula is C15H13N5. The molecule has 0 fully saturated rings. The molecule has 5 nitrogen and oxygen atoms in total. The first-order valence-corrected chi connectivity index (χ1v) is 6.58. The van der Waals surface area contributed by atoms with E-state index in [0.29, 0.717) is 0 Å². The van der Waals surface area contributed by atoms with E-state index >= 15 is 0 Å². The van der Waals surface area contributed by atoms with Gasteiger partial charge in [-0.1, -0.05) is 30.3 Å². The Bertz CT molecular complexity index is 742. The molecule has 2 N–H and O–H groups in total. The van der Waals surface area contributed by atoms with E-state index in [0.717, 1.165) is 29.1 Å². The first-order valence-electron chi connectivity index (χ1n) is 6.58. The maximum absolute atomic E-state index is 4.49. The van der Waals surface area contributed by atoms with Crippen LogP contribution >= 0.6 is 0 Å². The lowest BCUT2D eigenvalue weighted by Crippen LogP contribution is -2.09. The van der Waals surface area contributed by atoms with Crippen molar-refractivity contribution in [1.82, 2.24) is 20.4 Å². The molecule has 1 unspecified atom stereocenters. The molecule has 1 aliphatic rings. The quantitative estimate of drug-likeness (QED) is 0.746. The van der Waals surface area contributed by atoms with Gasteiger partial charge in [-0.3, -0.25) is 0 Å². The number of H-pyrrole nitrogens is 1. The summed E-state index contributed by atoms with van der Waals surface area (Å²) < 4.78 is 0. The zero-order valence-electron chi connectivity index (χ0n) is 10.7. The van der Waals surface area contributed by atoms with E-state index < -0.39 is 0 Å². The van der Waals surface area contributed by atoms with Crippen LogP contribution in [-0.2, 0) is 0 Å². The third-order valence-electron chi connectivity index (χ3n) is 3.49. The van der Waals surface area contributed by atoms with Gasteiger partial charge in [0.15, 0.2) is 11.5 Å². The van der Waals surface area contributed by atoms with Crippen molar-refractivity contribution in [2.45, 2.75) is 12.5 Å². The Balaban J connectivity index is 1.61. The van der Waals surface area contributed by atoms with Crippen molar-refractivity contribution in [3.8, 4) is 0 Å². The number of hydrogen-bond acceptors (Lipinski definition) is 4. The molecule has 2 aromatic heterocycles. The summed E-state index contributed by atoms with van der Waals surface area (Å²) in [6, 6.07) is 14.4. The minimum Gasteiger partial charge on any atom is -0.335 e. The zero-order chi connectivity index (χ0) is 13.4. The lowest BCUT2D eigenvalue weighted by Gasteiger charge is -2.08. The van der Waals surface area contributed by atoms with Crippen molar-refractivity contribution >= 4 is 16.9 Å². The van der Waals surface area contributed by atoms with Gasteiger partial charge in [-0.05, 0) is 17.7 Å². The highest BCUT2D eigenvalue weighted by Crippen LogP contribution is 2.23. The SMILES string of the molecule is c1ccc(C2CC(c3nc4ncccc4[nH]3)=NN2)cc1. The molecule has 3 aromatic rings. The fourth-order valence-corrected chi connectivity index (χ4v) is 2.45. The van der Waals surface area contributed by atoms with Gasteiger partial charge in [0, 0.05) is 12.6 Å². The van der Waals surface area contributed by atoms with Crippen molar-refractivity contribution in [1.29, 1.82) is 0 Å². The van der Waals surface area contributed by atoms with E-state index in [1.54, 1.807) is 6.20 Å². The standard InChI is InChI=1S/C15H13N5/c1-2-5-10(6-3-1)12-9-13(20-19-12)15-17-11-7-4-8-16-14(11)18-15/h1-8,12,19H,9H2,(H,16,17,18). The van der Waals surface area contributed by atoms with Crippen LogP contribution in [0.4, 0.5) is 0 Å². The molecule has 5 heteroatoms. The first-order chi connectivity index (χ1) is 9.90. The van der Waals surface area contributed by atoms with E-state index in [9.17, 15) is 0 Å². The fraction of sp³-hybridized carbons (Fsp3) is 0.133. The van der Waals surface area contributed by atoms with Crippen LogP contribution < -0.4 is 5.43 Å². The number of hydrazone groups is 1. The molecule has 0 spiro atoms. The van der Waals surface area contributed by atoms with Crippen molar-refractivity contribution in [3.63, 3.8) is 0 Å². The van der Waals surface area contributed by atoms with Gasteiger partial charge in [-0.2, -0.15) is 5.10 Å². The molecule has 0 amide bonds. The summed E-state index contributed by atoms with van der Waals surface area (Å²) >= 11 is 0. The summed E-state index contributed by atoms with van der Waals surface area (Å²) in [5.74, 6) is 0.796. The zero-order valence-corrected chi connectivity index (χ0v) is 10.7. The van der Waals surface area contributed by atoms with Gasteiger partial charge >= 0.3 is 0 Å². The molecule has 98 valence electrons. The van der Waals surface area contributed by atoms with Crippen molar-refractivity contribution < 1.29 is 0 Å². The molecular weight excluding hydrogens is 250 g/mol. The summed E-state index contributed by atoms with van der Waals surface area (Å²) in [4.78, 5) is 12.0. The van der Waals surface area contributed by atoms with Gasteiger partial charge in [-0.15, -0.1) is 0 Å². The first kappa shape index (κ1) is 11.2. The minimum absolute atomic E-state index is 0.215. The van der Waals surface area contributed by atoms with Crippen LogP contribution in [0.2, 0.25) is 0 Å². The topological polar surface area (TPSA) is 66.0 Å². The number of rotatable bonds is 2. The lowest BCUT2D eigenvalue weighted by molar-refractivity contribution is 0.620. The van der Waals surface area contributed by atoms with Crippen LogP contribution in [-0.4, -0.2) is 20.7 Å². The monoisotopic (exact) mass is 263 g/mol. The molecule has 0 aliphatic carbocycles. The van der Waals surface area contributed by atoms with E-state index in [2.05, 4.69) is 37.6 Å². The highest BCUT2D eigenvalue weighted by molar-refractivity contribution is 6.00. The predicted octanol–water partition coefficient (Wildman–Crippen LogP) is 2.40. The second-order valence-corrected chi connectivity index (χ2v) is 4.81. The normalized spacial score (nSPS) is 18.0. The maximum Gasteiger partial charge on any atom is 0.178 e. The molecule has 0 saturated heterocycles. The average Bonchev–Trinajstić information content (AvgIpc) is 3.14. The Kier molecular flexibility index (Phi) is 2.48. The second-order valence-electron chi connectivity index (χ2n) is 4.81. The number of aromatic nitrogens is 3.